The van der Waals surface area contributed by atoms with E-state index in [9.17, 15) is 0 Å². The third-order valence-corrected chi connectivity index (χ3v) is 10.1. The molecule has 0 heterocycles. The van der Waals surface area contributed by atoms with Crippen molar-refractivity contribution in [2.24, 2.45) is 0 Å². The molecule has 0 saturated carbocycles. The van der Waals surface area contributed by atoms with Gasteiger partial charge in [0.15, 0.2) is 0 Å². The molecule has 0 aliphatic heterocycles. The van der Waals surface area contributed by atoms with Gasteiger partial charge in [-0.05, 0) is 94.0 Å². The fraction of sp³-hybridized carbons (Fsp3) is 0.106. The second-order valence-electron chi connectivity index (χ2n) is 12.9. The summed E-state index contributed by atoms with van der Waals surface area (Å²) in [5.41, 5.74) is 13.2. The summed E-state index contributed by atoms with van der Waals surface area (Å²) >= 11 is 0. The topological polar surface area (TPSA) is 0 Å². The van der Waals surface area contributed by atoms with Crippen molar-refractivity contribution in [1.82, 2.24) is 0 Å². The standard InChI is InChI=1S/C45H32.C2H6/c1-45(2)41-21-10-9-15-34(41)35-27-26-32(28-42(35)45)29-22-24-31(25-23-29)43-37-16-5-7-18-39(37)44(40-19-8-6-17-38(40)43)36-20-11-13-30-12-3-4-14-33(30)36;1-2/h3-28H,1-2H3;1-2H3. The molecule has 47 heavy (non-hydrogen) atoms. The van der Waals surface area contributed by atoms with Crippen molar-refractivity contribution in [1.29, 1.82) is 0 Å². The molecule has 0 atom stereocenters. The molecular formula is C47H38. The minimum atomic E-state index is -0.00840. The van der Waals surface area contributed by atoms with E-state index in [-0.39, 0.29) is 5.41 Å². The van der Waals surface area contributed by atoms with Gasteiger partial charge < -0.3 is 0 Å². The Labute approximate surface area is 278 Å². The van der Waals surface area contributed by atoms with Crippen molar-refractivity contribution in [2.75, 3.05) is 0 Å². The molecule has 0 radical (unpaired) electrons. The van der Waals surface area contributed by atoms with Crippen LogP contribution in [-0.2, 0) is 5.41 Å². The third kappa shape index (κ3) is 4.51. The van der Waals surface area contributed by atoms with Crippen LogP contribution < -0.4 is 0 Å². The number of hydrogen-bond acceptors (Lipinski definition) is 0. The van der Waals surface area contributed by atoms with E-state index in [2.05, 4.69) is 172 Å². The van der Waals surface area contributed by atoms with Crippen molar-refractivity contribution in [3.8, 4) is 44.5 Å². The highest BCUT2D eigenvalue weighted by Gasteiger charge is 2.35. The molecule has 0 bridgehead atoms. The van der Waals surface area contributed by atoms with Crippen LogP contribution in [0.2, 0.25) is 0 Å². The Morgan fingerprint density at radius 2 is 0.809 bits per heavy atom. The maximum Gasteiger partial charge on any atom is 0.0159 e. The Hall–Kier alpha value is -5.46. The highest BCUT2D eigenvalue weighted by atomic mass is 14.4. The molecule has 226 valence electrons. The normalized spacial score (nSPS) is 12.9. The molecule has 1 aliphatic rings. The van der Waals surface area contributed by atoms with Gasteiger partial charge in [0.1, 0.15) is 0 Å². The summed E-state index contributed by atoms with van der Waals surface area (Å²) in [6.07, 6.45) is 0. The Bertz CT molecular complexity index is 2380. The fourth-order valence-electron chi connectivity index (χ4n) is 7.89. The van der Waals surface area contributed by atoms with Crippen molar-refractivity contribution >= 4 is 32.3 Å². The minimum Gasteiger partial charge on any atom is -0.0683 e. The molecule has 0 spiro atoms. The van der Waals surface area contributed by atoms with Crippen LogP contribution in [0.4, 0.5) is 0 Å². The van der Waals surface area contributed by atoms with Gasteiger partial charge in [-0.2, -0.15) is 0 Å². The number of rotatable bonds is 3. The van der Waals surface area contributed by atoms with Gasteiger partial charge in [-0.15, -0.1) is 0 Å². The van der Waals surface area contributed by atoms with E-state index >= 15 is 0 Å². The summed E-state index contributed by atoms with van der Waals surface area (Å²) in [5, 5.41) is 7.68. The zero-order valence-corrected chi connectivity index (χ0v) is 27.5. The van der Waals surface area contributed by atoms with E-state index in [1.54, 1.807) is 0 Å². The van der Waals surface area contributed by atoms with Gasteiger partial charge in [0.25, 0.3) is 0 Å². The summed E-state index contributed by atoms with van der Waals surface area (Å²) in [7, 11) is 0. The van der Waals surface area contributed by atoms with E-state index in [1.807, 2.05) is 13.8 Å². The molecule has 1 aliphatic carbocycles. The molecule has 0 amide bonds. The molecule has 0 fully saturated rings. The first-order valence-electron chi connectivity index (χ1n) is 16.9. The summed E-state index contributed by atoms with van der Waals surface area (Å²) in [6, 6.07) is 58.4. The molecule has 0 N–H and O–H groups in total. The molecule has 0 unspecified atom stereocenters. The zero-order chi connectivity index (χ0) is 32.1. The summed E-state index contributed by atoms with van der Waals surface area (Å²) in [5.74, 6) is 0. The minimum absolute atomic E-state index is 0.00840. The zero-order valence-electron chi connectivity index (χ0n) is 27.5. The van der Waals surface area contributed by atoms with Crippen LogP contribution in [0.1, 0.15) is 38.8 Å². The first-order valence-corrected chi connectivity index (χ1v) is 16.9. The predicted molar refractivity (Wildman–Crippen MR) is 204 cm³/mol. The van der Waals surface area contributed by atoms with Crippen molar-refractivity contribution < 1.29 is 0 Å². The van der Waals surface area contributed by atoms with Crippen LogP contribution in [0.3, 0.4) is 0 Å². The maximum absolute atomic E-state index is 2.41. The number of fused-ring (bicyclic) bond motifs is 6. The van der Waals surface area contributed by atoms with Crippen molar-refractivity contribution in [2.45, 2.75) is 33.1 Å². The van der Waals surface area contributed by atoms with Crippen molar-refractivity contribution in [3.05, 3.63) is 169 Å². The Morgan fingerprint density at radius 1 is 0.340 bits per heavy atom. The van der Waals surface area contributed by atoms with Gasteiger partial charge in [-0.1, -0.05) is 179 Å². The van der Waals surface area contributed by atoms with Crippen molar-refractivity contribution in [3.63, 3.8) is 0 Å². The largest absolute Gasteiger partial charge is 0.0683 e. The smallest absolute Gasteiger partial charge is 0.0159 e. The Morgan fingerprint density at radius 3 is 1.49 bits per heavy atom. The lowest BCUT2D eigenvalue weighted by molar-refractivity contribution is 0.660. The first kappa shape index (κ1) is 29.0. The van der Waals surface area contributed by atoms with E-state index < -0.39 is 0 Å². The van der Waals surface area contributed by atoms with Gasteiger partial charge >= 0.3 is 0 Å². The van der Waals surface area contributed by atoms with E-state index in [1.165, 1.54) is 88.0 Å². The predicted octanol–water partition coefficient (Wildman–Crippen LogP) is 13.5. The number of benzene rings is 8. The van der Waals surface area contributed by atoms with Gasteiger partial charge in [0.2, 0.25) is 0 Å². The monoisotopic (exact) mass is 602 g/mol. The maximum atomic E-state index is 2.41. The van der Waals surface area contributed by atoms with Crippen LogP contribution in [0.5, 0.6) is 0 Å². The lowest BCUT2D eigenvalue weighted by Crippen LogP contribution is -2.14. The van der Waals surface area contributed by atoms with E-state index in [4.69, 9.17) is 0 Å². The van der Waals surface area contributed by atoms with E-state index in [0.717, 1.165) is 0 Å². The molecule has 0 saturated heterocycles. The fourth-order valence-corrected chi connectivity index (χ4v) is 7.89. The van der Waals surface area contributed by atoms with Crippen LogP contribution in [-0.4, -0.2) is 0 Å². The third-order valence-electron chi connectivity index (χ3n) is 10.1. The average molecular weight is 603 g/mol. The van der Waals surface area contributed by atoms with Gasteiger partial charge in [0.05, 0.1) is 0 Å². The van der Waals surface area contributed by atoms with Crippen LogP contribution >= 0.6 is 0 Å². The second-order valence-corrected chi connectivity index (χ2v) is 12.9. The average Bonchev–Trinajstić information content (AvgIpc) is 3.37. The Kier molecular flexibility index (Phi) is 7.03. The molecular weight excluding hydrogens is 565 g/mol. The Balaban J connectivity index is 0.00000159. The summed E-state index contributed by atoms with van der Waals surface area (Å²) < 4.78 is 0. The molecule has 8 aromatic carbocycles. The summed E-state index contributed by atoms with van der Waals surface area (Å²) in [6.45, 7) is 8.70. The van der Waals surface area contributed by atoms with Gasteiger partial charge in [-0.3, -0.25) is 0 Å². The van der Waals surface area contributed by atoms with Crippen LogP contribution in [0, 0.1) is 0 Å². The SMILES string of the molecule is CC.CC1(C)c2ccccc2-c2ccc(-c3ccc(-c4c5ccccc5c(-c5cccc6ccccc56)c5ccccc45)cc3)cc21. The quantitative estimate of drug-likeness (QED) is 0.177. The lowest BCUT2D eigenvalue weighted by Gasteiger charge is -2.22. The molecule has 8 aromatic rings. The highest BCUT2D eigenvalue weighted by molar-refractivity contribution is 6.23. The van der Waals surface area contributed by atoms with E-state index in [0.29, 0.717) is 0 Å². The van der Waals surface area contributed by atoms with Crippen LogP contribution in [0.15, 0.2) is 158 Å². The molecule has 0 nitrogen and oxygen atoms in total. The second kappa shape index (κ2) is 11.4. The molecule has 0 aromatic heterocycles. The van der Waals surface area contributed by atoms with Gasteiger partial charge in [0, 0.05) is 5.41 Å². The van der Waals surface area contributed by atoms with Gasteiger partial charge in [-0.25, -0.2) is 0 Å². The first-order chi connectivity index (χ1) is 23.1. The molecule has 0 heteroatoms. The lowest BCUT2D eigenvalue weighted by atomic mass is 9.81. The highest BCUT2D eigenvalue weighted by Crippen LogP contribution is 2.50. The number of hydrogen-bond donors (Lipinski definition) is 0. The van der Waals surface area contributed by atoms with Crippen LogP contribution in [0.25, 0.3) is 76.8 Å². The molecule has 9 rings (SSSR count). The summed E-state index contributed by atoms with van der Waals surface area (Å²) in [4.78, 5) is 0.